The Balaban J connectivity index is 2.14. The molecule has 0 spiro atoms. The molecule has 0 saturated carbocycles. The second-order valence-electron chi connectivity index (χ2n) is 4.28. The molecule has 1 atom stereocenters. The number of aromatic nitrogens is 1. The van der Waals surface area contributed by atoms with Crippen LogP contribution in [0.2, 0.25) is 5.02 Å². The average Bonchev–Trinajstić information content (AvgIpc) is 2.40. The first-order chi connectivity index (χ1) is 9.38. The molecule has 1 unspecified atom stereocenters. The maximum atomic E-state index is 12.4. The Morgan fingerprint density at radius 3 is 2.40 bits per heavy atom. The summed E-state index contributed by atoms with van der Waals surface area (Å²) in [5, 5.41) is 10.5. The zero-order valence-corrected chi connectivity index (χ0v) is 11.0. The van der Waals surface area contributed by atoms with Crippen molar-refractivity contribution in [2.75, 3.05) is 0 Å². The van der Waals surface area contributed by atoms with Crippen LogP contribution >= 0.6 is 11.6 Å². The van der Waals surface area contributed by atoms with Crippen LogP contribution in [0.4, 0.5) is 13.2 Å². The van der Waals surface area contributed by atoms with Crippen molar-refractivity contribution in [3.8, 4) is 0 Å². The van der Waals surface area contributed by atoms with Crippen LogP contribution in [0.1, 0.15) is 22.9 Å². The zero-order chi connectivity index (χ0) is 14.8. The molecule has 2 rings (SSSR count). The molecular weight excluding hydrogens is 291 g/mol. The van der Waals surface area contributed by atoms with Gasteiger partial charge in [-0.2, -0.15) is 13.2 Å². The molecule has 1 aromatic carbocycles. The van der Waals surface area contributed by atoms with Crippen LogP contribution in [0.25, 0.3) is 0 Å². The van der Waals surface area contributed by atoms with Gasteiger partial charge in [0.05, 0.1) is 17.4 Å². The Kier molecular flexibility index (Phi) is 4.30. The molecule has 0 amide bonds. The standard InChI is InChI=1S/C14H11ClF3NO/c15-11-4-2-1-3-9(11)7-13(20)12-6-5-10(8-19-12)14(16,17)18/h1-6,8,13,20H,7H2. The molecule has 0 bridgehead atoms. The van der Waals surface area contributed by atoms with E-state index in [0.29, 0.717) is 16.8 Å². The summed E-state index contributed by atoms with van der Waals surface area (Å²) in [4.78, 5) is 3.66. The Hall–Kier alpha value is -1.59. The Bertz CT molecular complexity index is 584. The summed E-state index contributed by atoms with van der Waals surface area (Å²) >= 11 is 5.96. The molecule has 0 fully saturated rings. The predicted octanol–water partition coefficient (Wildman–Crippen LogP) is 4.03. The van der Waals surface area contributed by atoms with E-state index in [2.05, 4.69) is 4.98 Å². The van der Waals surface area contributed by atoms with Crippen LogP contribution in [0.15, 0.2) is 42.6 Å². The van der Waals surface area contributed by atoms with Gasteiger partial charge < -0.3 is 5.11 Å². The van der Waals surface area contributed by atoms with E-state index < -0.39 is 17.8 Å². The number of aliphatic hydroxyl groups excluding tert-OH is 1. The fraction of sp³-hybridized carbons (Fsp3) is 0.214. The number of benzene rings is 1. The number of pyridine rings is 1. The zero-order valence-electron chi connectivity index (χ0n) is 10.2. The van der Waals surface area contributed by atoms with Crippen LogP contribution in [0.3, 0.4) is 0 Å². The summed E-state index contributed by atoms with van der Waals surface area (Å²) in [5.74, 6) is 0. The highest BCUT2D eigenvalue weighted by atomic mass is 35.5. The molecule has 0 radical (unpaired) electrons. The van der Waals surface area contributed by atoms with Gasteiger partial charge in [0.25, 0.3) is 0 Å². The normalized spacial score (nSPS) is 13.2. The van der Waals surface area contributed by atoms with Crippen LogP contribution < -0.4 is 0 Å². The molecule has 2 aromatic rings. The summed E-state index contributed by atoms with van der Waals surface area (Å²) in [7, 11) is 0. The van der Waals surface area contributed by atoms with E-state index in [9.17, 15) is 18.3 Å². The van der Waals surface area contributed by atoms with Crippen molar-refractivity contribution in [2.24, 2.45) is 0 Å². The van der Waals surface area contributed by atoms with Gasteiger partial charge in [0.1, 0.15) is 0 Å². The predicted molar refractivity (Wildman–Crippen MR) is 69.4 cm³/mol. The molecule has 2 nitrogen and oxygen atoms in total. The fourth-order valence-corrected chi connectivity index (χ4v) is 1.96. The number of halogens is 4. The van der Waals surface area contributed by atoms with Gasteiger partial charge in [-0.3, -0.25) is 4.98 Å². The monoisotopic (exact) mass is 301 g/mol. The van der Waals surface area contributed by atoms with E-state index in [-0.39, 0.29) is 12.1 Å². The highest BCUT2D eigenvalue weighted by molar-refractivity contribution is 6.31. The first kappa shape index (κ1) is 14.8. The number of alkyl halides is 3. The molecule has 0 aliphatic rings. The Labute approximate surface area is 118 Å². The van der Waals surface area contributed by atoms with Crippen LogP contribution in [0.5, 0.6) is 0 Å². The van der Waals surface area contributed by atoms with E-state index in [4.69, 9.17) is 11.6 Å². The number of aliphatic hydroxyl groups is 1. The lowest BCUT2D eigenvalue weighted by molar-refractivity contribution is -0.137. The smallest absolute Gasteiger partial charge is 0.386 e. The first-order valence-corrected chi connectivity index (χ1v) is 6.20. The average molecular weight is 302 g/mol. The van der Waals surface area contributed by atoms with Crippen molar-refractivity contribution < 1.29 is 18.3 Å². The highest BCUT2D eigenvalue weighted by Crippen LogP contribution is 2.29. The van der Waals surface area contributed by atoms with E-state index in [1.165, 1.54) is 6.07 Å². The summed E-state index contributed by atoms with van der Waals surface area (Å²) in [5.41, 5.74) is 0.0486. The van der Waals surface area contributed by atoms with Crippen LogP contribution in [-0.2, 0) is 12.6 Å². The van der Waals surface area contributed by atoms with Crippen molar-refractivity contribution in [2.45, 2.75) is 18.7 Å². The van der Waals surface area contributed by atoms with Gasteiger partial charge in [-0.05, 0) is 23.8 Å². The minimum Gasteiger partial charge on any atom is -0.386 e. The molecule has 106 valence electrons. The lowest BCUT2D eigenvalue weighted by Gasteiger charge is -2.12. The Morgan fingerprint density at radius 1 is 1.15 bits per heavy atom. The molecular formula is C14H11ClF3NO. The van der Waals surface area contributed by atoms with E-state index in [1.807, 2.05) is 0 Å². The summed E-state index contributed by atoms with van der Waals surface area (Å²) in [6, 6.07) is 9.03. The van der Waals surface area contributed by atoms with Gasteiger partial charge >= 0.3 is 6.18 Å². The number of hydrogen-bond donors (Lipinski definition) is 1. The number of rotatable bonds is 3. The van der Waals surface area contributed by atoms with E-state index in [0.717, 1.165) is 6.07 Å². The maximum absolute atomic E-state index is 12.4. The minimum atomic E-state index is -4.43. The van der Waals surface area contributed by atoms with Crippen LogP contribution in [-0.4, -0.2) is 10.1 Å². The van der Waals surface area contributed by atoms with Crippen molar-refractivity contribution in [1.82, 2.24) is 4.98 Å². The molecule has 0 aliphatic heterocycles. The summed E-state index contributed by atoms with van der Waals surface area (Å²) in [6.45, 7) is 0. The minimum absolute atomic E-state index is 0.179. The van der Waals surface area contributed by atoms with Crippen molar-refractivity contribution in [1.29, 1.82) is 0 Å². The third kappa shape index (κ3) is 3.49. The second kappa shape index (κ2) is 5.81. The fourth-order valence-electron chi connectivity index (χ4n) is 1.75. The molecule has 0 aliphatic carbocycles. The molecule has 1 N–H and O–H groups in total. The molecule has 6 heteroatoms. The largest absolute Gasteiger partial charge is 0.417 e. The lowest BCUT2D eigenvalue weighted by Crippen LogP contribution is -2.09. The van der Waals surface area contributed by atoms with Gasteiger partial charge in [-0.15, -0.1) is 0 Å². The van der Waals surface area contributed by atoms with Gasteiger partial charge in [-0.1, -0.05) is 29.8 Å². The van der Waals surface area contributed by atoms with Crippen molar-refractivity contribution in [3.05, 3.63) is 64.4 Å². The maximum Gasteiger partial charge on any atom is 0.417 e. The highest BCUT2D eigenvalue weighted by Gasteiger charge is 2.30. The summed E-state index contributed by atoms with van der Waals surface area (Å²) in [6.07, 6.45) is -4.53. The van der Waals surface area contributed by atoms with Crippen molar-refractivity contribution in [3.63, 3.8) is 0 Å². The number of nitrogens with zero attached hydrogens (tertiary/aromatic N) is 1. The topological polar surface area (TPSA) is 33.1 Å². The third-order valence-electron chi connectivity index (χ3n) is 2.83. The first-order valence-electron chi connectivity index (χ1n) is 5.82. The van der Waals surface area contributed by atoms with E-state index >= 15 is 0 Å². The van der Waals surface area contributed by atoms with E-state index in [1.54, 1.807) is 24.3 Å². The lowest BCUT2D eigenvalue weighted by atomic mass is 10.0. The summed E-state index contributed by atoms with van der Waals surface area (Å²) < 4.78 is 37.2. The quantitative estimate of drug-likeness (QED) is 0.928. The molecule has 1 heterocycles. The van der Waals surface area contributed by atoms with Gasteiger partial charge in [0.2, 0.25) is 0 Å². The SMILES string of the molecule is OC(Cc1ccccc1Cl)c1ccc(C(F)(F)F)cn1. The van der Waals surface area contributed by atoms with Gasteiger partial charge in [-0.25, -0.2) is 0 Å². The molecule has 1 aromatic heterocycles. The number of hydrogen-bond acceptors (Lipinski definition) is 2. The third-order valence-corrected chi connectivity index (χ3v) is 3.19. The van der Waals surface area contributed by atoms with Gasteiger partial charge in [0.15, 0.2) is 0 Å². The van der Waals surface area contributed by atoms with Crippen LogP contribution in [0, 0.1) is 0 Å². The molecule has 20 heavy (non-hydrogen) atoms. The van der Waals surface area contributed by atoms with Gasteiger partial charge in [0, 0.05) is 17.6 Å². The van der Waals surface area contributed by atoms with Crippen molar-refractivity contribution >= 4 is 11.6 Å². The molecule has 0 saturated heterocycles. The second-order valence-corrected chi connectivity index (χ2v) is 4.69. The Morgan fingerprint density at radius 2 is 1.85 bits per heavy atom.